The normalized spacial score (nSPS) is 11.9. The van der Waals surface area contributed by atoms with E-state index in [0.29, 0.717) is 10.7 Å². The van der Waals surface area contributed by atoms with E-state index in [9.17, 15) is 9.59 Å². The minimum atomic E-state index is -0.398. The molecule has 0 aliphatic rings. The first kappa shape index (κ1) is 14.5. The van der Waals surface area contributed by atoms with E-state index in [2.05, 4.69) is 10.6 Å². The molecule has 1 unspecified atom stereocenters. The van der Waals surface area contributed by atoms with Gasteiger partial charge < -0.3 is 16.4 Å². The first-order valence-corrected chi connectivity index (χ1v) is 5.92. The monoisotopic (exact) mass is 269 g/mol. The zero-order valence-electron chi connectivity index (χ0n) is 10.1. The fraction of sp³-hybridized carbons (Fsp3) is 0.333. The van der Waals surface area contributed by atoms with Crippen LogP contribution in [0.2, 0.25) is 5.02 Å². The number of benzene rings is 1. The molecule has 1 aromatic carbocycles. The van der Waals surface area contributed by atoms with Gasteiger partial charge in [-0.2, -0.15) is 0 Å². The van der Waals surface area contributed by atoms with Crippen LogP contribution in [-0.2, 0) is 9.59 Å². The van der Waals surface area contributed by atoms with Gasteiger partial charge in [-0.1, -0.05) is 17.7 Å². The summed E-state index contributed by atoms with van der Waals surface area (Å²) >= 11 is 5.79. The number of amides is 2. The summed E-state index contributed by atoms with van der Waals surface area (Å²) in [6.45, 7) is 1.90. The molecule has 5 nitrogen and oxygen atoms in total. The largest absolute Gasteiger partial charge is 0.370 e. The highest BCUT2D eigenvalue weighted by Gasteiger charge is 2.08. The number of rotatable bonds is 6. The Kier molecular flexibility index (Phi) is 5.61. The highest BCUT2D eigenvalue weighted by Crippen LogP contribution is 2.14. The molecule has 4 N–H and O–H groups in total. The van der Waals surface area contributed by atoms with Gasteiger partial charge in [-0.25, -0.2) is 0 Å². The smallest absolute Gasteiger partial charge is 0.238 e. The number of anilines is 1. The van der Waals surface area contributed by atoms with Crippen LogP contribution in [0.3, 0.4) is 0 Å². The Morgan fingerprint density at radius 3 is 2.78 bits per heavy atom. The van der Waals surface area contributed by atoms with E-state index in [1.165, 1.54) is 0 Å². The summed E-state index contributed by atoms with van der Waals surface area (Å²) in [5, 5.41) is 6.15. The Hall–Kier alpha value is -1.59. The van der Waals surface area contributed by atoms with Gasteiger partial charge in [0.25, 0.3) is 0 Å². The minimum Gasteiger partial charge on any atom is -0.370 e. The summed E-state index contributed by atoms with van der Waals surface area (Å²) in [6.07, 6.45) is 0.199. The molecule has 1 rings (SSSR count). The van der Waals surface area contributed by atoms with Crippen molar-refractivity contribution in [2.24, 2.45) is 5.73 Å². The molecule has 98 valence electrons. The van der Waals surface area contributed by atoms with Crippen molar-refractivity contribution in [2.45, 2.75) is 19.4 Å². The topological polar surface area (TPSA) is 84.2 Å². The van der Waals surface area contributed by atoms with Gasteiger partial charge in [0.15, 0.2) is 0 Å². The van der Waals surface area contributed by atoms with E-state index < -0.39 is 5.91 Å². The van der Waals surface area contributed by atoms with Crippen LogP contribution in [0.1, 0.15) is 13.3 Å². The Bertz CT molecular complexity index is 437. The first-order valence-electron chi connectivity index (χ1n) is 5.54. The second kappa shape index (κ2) is 6.98. The van der Waals surface area contributed by atoms with Crippen LogP contribution < -0.4 is 16.4 Å². The SMILES string of the molecule is CC(CC(N)=O)NCC(=O)Nc1cccc(Cl)c1. The average molecular weight is 270 g/mol. The summed E-state index contributed by atoms with van der Waals surface area (Å²) in [7, 11) is 0. The van der Waals surface area contributed by atoms with Crippen molar-refractivity contribution in [1.29, 1.82) is 0 Å². The molecule has 0 heterocycles. The fourth-order valence-electron chi connectivity index (χ4n) is 1.41. The maximum absolute atomic E-state index is 11.6. The predicted octanol–water partition coefficient (Wildman–Crippen LogP) is 1.13. The number of hydrogen-bond acceptors (Lipinski definition) is 3. The van der Waals surface area contributed by atoms with Crippen molar-refractivity contribution in [1.82, 2.24) is 5.32 Å². The summed E-state index contributed by atoms with van der Waals surface area (Å²) < 4.78 is 0. The van der Waals surface area contributed by atoms with Gasteiger partial charge in [-0.05, 0) is 25.1 Å². The molecule has 0 aliphatic carbocycles. The number of nitrogens with two attached hydrogens (primary N) is 1. The van der Waals surface area contributed by atoms with Gasteiger partial charge in [-0.3, -0.25) is 9.59 Å². The quantitative estimate of drug-likeness (QED) is 0.724. The predicted molar refractivity (Wildman–Crippen MR) is 71.4 cm³/mol. The maximum Gasteiger partial charge on any atom is 0.238 e. The van der Waals surface area contributed by atoms with Crippen molar-refractivity contribution in [3.63, 3.8) is 0 Å². The lowest BCUT2D eigenvalue weighted by Gasteiger charge is -2.11. The van der Waals surface area contributed by atoms with Crippen LogP contribution in [0.5, 0.6) is 0 Å². The maximum atomic E-state index is 11.6. The molecule has 0 fully saturated rings. The van der Waals surface area contributed by atoms with E-state index in [1.807, 2.05) is 0 Å². The van der Waals surface area contributed by atoms with Crippen molar-refractivity contribution in [3.8, 4) is 0 Å². The number of halogens is 1. The molecule has 0 aliphatic heterocycles. The molecule has 0 saturated heterocycles. The molecule has 0 bridgehead atoms. The molecule has 6 heteroatoms. The van der Waals surface area contributed by atoms with Crippen molar-refractivity contribution < 1.29 is 9.59 Å². The van der Waals surface area contributed by atoms with Crippen molar-refractivity contribution in [3.05, 3.63) is 29.3 Å². The Morgan fingerprint density at radius 1 is 1.44 bits per heavy atom. The van der Waals surface area contributed by atoms with Gasteiger partial charge >= 0.3 is 0 Å². The van der Waals surface area contributed by atoms with Crippen molar-refractivity contribution >= 4 is 29.1 Å². The number of carbonyl (C=O) groups is 2. The van der Waals surface area contributed by atoms with E-state index in [4.69, 9.17) is 17.3 Å². The van der Waals surface area contributed by atoms with Gasteiger partial charge in [-0.15, -0.1) is 0 Å². The molecular formula is C12H16ClN3O2. The Labute approximate surface area is 111 Å². The Morgan fingerprint density at radius 2 is 2.17 bits per heavy atom. The second-order valence-electron chi connectivity index (χ2n) is 4.01. The number of nitrogens with one attached hydrogen (secondary N) is 2. The third-order valence-corrected chi connectivity index (χ3v) is 2.46. The minimum absolute atomic E-state index is 0.112. The lowest BCUT2D eigenvalue weighted by atomic mass is 10.2. The summed E-state index contributed by atoms with van der Waals surface area (Å²) in [5.41, 5.74) is 5.68. The standard InChI is InChI=1S/C12H16ClN3O2/c1-8(5-11(14)17)15-7-12(18)16-10-4-2-3-9(13)6-10/h2-4,6,8,15H,5,7H2,1H3,(H2,14,17)(H,16,18). The van der Waals surface area contributed by atoms with Gasteiger partial charge in [0.2, 0.25) is 11.8 Å². The molecule has 18 heavy (non-hydrogen) atoms. The summed E-state index contributed by atoms with van der Waals surface area (Å²) in [4.78, 5) is 22.2. The van der Waals surface area contributed by atoms with Crippen LogP contribution in [0.4, 0.5) is 5.69 Å². The number of carbonyl (C=O) groups excluding carboxylic acids is 2. The van der Waals surface area contributed by atoms with Gasteiger partial charge in [0, 0.05) is 23.2 Å². The van der Waals surface area contributed by atoms with E-state index in [0.717, 1.165) is 0 Å². The zero-order valence-corrected chi connectivity index (χ0v) is 10.8. The van der Waals surface area contributed by atoms with Gasteiger partial charge in [0.1, 0.15) is 0 Å². The average Bonchev–Trinajstić information content (AvgIpc) is 2.25. The highest BCUT2D eigenvalue weighted by molar-refractivity contribution is 6.30. The lowest BCUT2D eigenvalue weighted by molar-refractivity contribution is -0.119. The number of hydrogen-bond donors (Lipinski definition) is 3. The molecule has 1 aromatic rings. The third kappa shape index (κ3) is 5.65. The van der Waals surface area contributed by atoms with E-state index in [-0.39, 0.29) is 24.9 Å². The van der Waals surface area contributed by atoms with Crippen LogP contribution in [0.15, 0.2) is 24.3 Å². The summed E-state index contributed by atoms with van der Waals surface area (Å²) in [5.74, 6) is -0.598. The van der Waals surface area contributed by atoms with Crippen molar-refractivity contribution in [2.75, 3.05) is 11.9 Å². The van der Waals surface area contributed by atoms with E-state index >= 15 is 0 Å². The highest BCUT2D eigenvalue weighted by atomic mass is 35.5. The molecule has 0 aromatic heterocycles. The molecule has 0 radical (unpaired) electrons. The zero-order chi connectivity index (χ0) is 13.5. The van der Waals surface area contributed by atoms with Gasteiger partial charge in [0.05, 0.1) is 6.54 Å². The van der Waals surface area contributed by atoms with Crippen LogP contribution in [0, 0.1) is 0 Å². The first-order chi connectivity index (χ1) is 8.47. The molecule has 2 amide bonds. The lowest BCUT2D eigenvalue weighted by Crippen LogP contribution is -2.36. The Balaban J connectivity index is 2.36. The number of primary amides is 1. The molecule has 0 saturated carbocycles. The van der Waals surface area contributed by atoms with Crippen LogP contribution in [0.25, 0.3) is 0 Å². The second-order valence-corrected chi connectivity index (χ2v) is 4.45. The summed E-state index contributed by atoms with van der Waals surface area (Å²) in [6, 6.07) is 6.75. The van der Waals surface area contributed by atoms with Crippen LogP contribution >= 0.6 is 11.6 Å². The molecule has 1 atom stereocenters. The van der Waals surface area contributed by atoms with E-state index in [1.54, 1.807) is 31.2 Å². The fourth-order valence-corrected chi connectivity index (χ4v) is 1.60. The van der Waals surface area contributed by atoms with Crippen LogP contribution in [-0.4, -0.2) is 24.4 Å². The molecule has 0 spiro atoms. The third-order valence-electron chi connectivity index (χ3n) is 2.23. The molecular weight excluding hydrogens is 254 g/mol.